The minimum absolute atomic E-state index is 0.130. The summed E-state index contributed by atoms with van der Waals surface area (Å²) in [6.07, 6.45) is 2.97. The molecule has 35 heavy (non-hydrogen) atoms. The molecule has 2 amide bonds. The van der Waals surface area contributed by atoms with Crippen LogP contribution in [0.2, 0.25) is 0 Å². The molecule has 1 aliphatic heterocycles. The van der Waals surface area contributed by atoms with Crippen LogP contribution >= 0.6 is 0 Å². The number of nitrogens with zero attached hydrogens (tertiary/aromatic N) is 1. The zero-order valence-corrected chi connectivity index (χ0v) is 20.4. The number of hydrogen-bond acceptors (Lipinski definition) is 4. The normalized spacial score (nSPS) is 13.8. The Hall–Kier alpha value is -3.80. The summed E-state index contributed by atoms with van der Waals surface area (Å²) >= 11 is 0. The van der Waals surface area contributed by atoms with E-state index in [4.69, 9.17) is 4.74 Å². The largest absolute Gasteiger partial charge is 0.497 e. The molecule has 0 unspecified atom stereocenters. The van der Waals surface area contributed by atoms with Crippen molar-refractivity contribution in [2.24, 2.45) is 5.92 Å². The summed E-state index contributed by atoms with van der Waals surface area (Å²) in [6.45, 7) is 4.65. The number of hydrogen-bond donors (Lipinski definition) is 2. The van der Waals surface area contributed by atoms with Gasteiger partial charge in [-0.3, -0.25) is 9.59 Å². The Morgan fingerprint density at radius 2 is 1.66 bits per heavy atom. The van der Waals surface area contributed by atoms with Gasteiger partial charge in [0, 0.05) is 36.6 Å². The molecule has 1 fully saturated rings. The molecule has 0 atom stereocenters. The average Bonchev–Trinajstić information content (AvgIpc) is 2.90. The van der Waals surface area contributed by atoms with E-state index in [1.165, 1.54) is 5.56 Å². The first-order valence-corrected chi connectivity index (χ1v) is 12.2. The number of piperidine rings is 1. The number of carbonyl (C=O) groups excluding carboxylic acids is 2. The van der Waals surface area contributed by atoms with Gasteiger partial charge in [-0.2, -0.15) is 0 Å². The third kappa shape index (κ3) is 6.41. The fourth-order valence-corrected chi connectivity index (χ4v) is 4.33. The fourth-order valence-electron chi connectivity index (χ4n) is 4.33. The Kier molecular flexibility index (Phi) is 8.03. The van der Waals surface area contributed by atoms with E-state index in [1.807, 2.05) is 30.3 Å². The molecule has 1 aliphatic rings. The van der Waals surface area contributed by atoms with E-state index in [0.717, 1.165) is 38.0 Å². The first-order chi connectivity index (χ1) is 17.0. The Labute approximate surface area is 207 Å². The molecule has 1 saturated heterocycles. The molecule has 6 nitrogen and oxygen atoms in total. The van der Waals surface area contributed by atoms with Crippen molar-refractivity contribution >= 4 is 23.2 Å². The van der Waals surface area contributed by atoms with E-state index >= 15 is 0 Å². The molecule has 182 valence electrons. The highest BCUT2D eigenvalue weighted by Gasteiger charge is 2.22. The molecular weight excluding hydrogens is 438 g/mol. The van der Waals surface area contributed by atoms with Gasteiger partial charge >= 0.3 is 0 Å². The van der Waals surface area contributed by atoms with Gasteiger partial charge in [0.2, 0.25) is 0 Å². The molecule has 0 saturated carbocycles. The van der Waals surface area contributed by atoms with Gasteiger partial charge in [0.05, 0.1) is 12.7 Å². The fraction of sp³-hybridized carbons (Fsp3) is 0.310. The topological polar surface area (TPSA) is 70.7 Å². The lowest BCUT2D eigenvalue weighted by molar-refractivity contribution is 0.0953. The van der Waals surface area contributed by atoms with E-state index in [2.05, 4.69) is 34.6 Å². The van der Waals surface area contributed by atoms with E-state index in [-0.39, 0.29) is 11.8 Å². The molecule has 3 aromatic carbocycles. The summed E-state index contributed by atoms with van der Waals surface area (Å²) in [4.78, 5) is 28.3. The molecule has 0 aromatic heterocycles. The lowest BCUT2D eigenvalue weighted by atomic mass is 9.97. The predicted octanol–water partition coefficient (Wildman–Crippen LogP) is 5.16. The Bertz CT molecular complexity index is 1140. The van der Waals surface area contributed by atoms with Crippen LogP contribution in [-0.4, -0.2) is 38.6 Å². The van der Waals surface area contributed by atoms with Crippen molar-refractivity contribution in [1.82, 2.24) is 5.32 Å². The van der Waals surface area contributed by atoms with Gasteiger partial charge in [0.25, 0.3) is 11.8 Å². The number of rotatable bonds is 8. The minimum atomic E-state index is -0.234. The summed E-state index contributed by atoms with van der Waals surface area (Å²) in [6, 6.07) is 22.6. The second kappa shape index (κ2) is 11.6. The lowest BCUT2D eigenvalue weighted by Gasteiger charge is -2.33. The van der Waals surface area contributed by atoms with Gasteiger partial charge in [-0.15, -0.1) is 0 Å². The van der Waals surface area contributed by atoms with Crippen molar-refractivity contribution in [3.8, 4) is 5.75 Å². The van der Waals surface area contributed by atoms with Crippen LogP contribution in [0.15, 0.2) is 72.8 Å². The Balaban J connectivity index is 1.51. The minimum Gasteiger partial charge on any atom is -0.497 e. The Morgan fingerprint density at radius 3 is 2.34 bits per heavy atom. The lowest BCUT2D eigenvalue weighted by Crippen LogP contribution is -2.35. The van der Waals surface area contributed by atoms with E-state index in [1.54, 1.807) is 37.4 Å². The number of benzene rings is 3. The van der Waals surface area contributed by atoms with Crippen molar-refractivity contribution in [2.75, 3.05) is 37.0 Å². The Morgan fingerprint density at radius 1 is 0.943 bits per heavy atom. The van der Waals surface area contributed by atoms with Crippen molar-refractivity contribution in [3.63, 3.8) is 0 Å². The second-order valence-electron chi connectivity index (χ2n) is 9.08. The summed E-state index contributed by atoms with van der Waals surface area (Å²) in [5.74, 6) is 1.02. The first-order valence-electron chi connectivity index (χ1n) is 12.2. The summed E-state index contributed by atoms with van der Waals surface area (Å²) in [7, 11) is 1.59. The molecule has 6 heteroatoms. The molecule has 0 aliphatic carbocycles. The van der Waals surface area contributed by atoms with Crippen LogP contribution in [-0.2, 0) is 6.42 Å². The number of amides is 2. The molecular formula is C29H33N3O3. The van der Waals surface area contributed by atoms with Gasteiger partial charge in [-0.1, -0.05) is 37.3 Å². The van der Waals surface area contributed by atoms with Gasteiger partial charge in [-0.05, 0) is 73.2 Å². The van der Waals surface area contributed by atoms with Crippen LogP contribution in [0.3, 0.4) is 0 Å². The molecule has 1 heterocycles. The maximum absolute atomic E-state index is 13.3. The third-order valence-corrected chi connectivity index (χ3v) is 6.52. The quantitative estimate of drug-likeness (QED) is 0.476. The maximum atomic E-state index is 13.3. The number of ether oxygens (including phenoxy) is 1. The number of anilines is 2. The highest BCUT2D eigenvalue weighted by molar-refractivity contribution is 6.06. The number of nitrogens with one attached hydrogen (secondary N) is 2. The summed E-state index contributed by atoms with van der Waals surface area (Å²) < 4.78 is 5.17. The predicted molar refractivity (Wildman–Crippen MR) is 140 cm³/mol. The van der Waals surface area contributed by atoms with E-state index in [0.29, 0.717) is 35.0 Å². The van der Waals surface area contributed by atoms with E-state index < -0.39 is 0 Å². The SMILES string of the molecule is COc1ccc(C(=O)Nc2ccc(N3CCC(C)CC3)c(C(=O)NCCc3ccccc3)c2)cc1. The van der Waals surface area contributed by atoms with Gasteiger partial charge in [-0.25, -0.2) is 0 Å². The van der Waals surface area contributed by atoms with Crippen molar-refractivity contribution in [1.29, 1.82) is 0 Å². The van der Waals surface area contributed by atoms with Crippen molar-refractivity contribution in [2.45, 2.75) is 26.2 Å². The zero-order valence-electron chi connectivity index (χ0n) is 20.4. The second-order valence-corrected chi connectivity index (χ2v) is 9.08. The van der Waals surface area contributed by atoms with Gasteiger partial charge < -0.3 is 20.3 Å². The smallest absolute Gasteiger partial charge is 0.255 e. The molecule has 2 N–H and O–H groups in total. The molecule has 0 radical (unpaired) electrons. The first kappa shape index (κ1) is 24.3. The molecule has 0 spiro atoms. The average molecular weight is 472 g/mol. The number of methoxy groups -OCH3 is 1. The van der Waals surface area contributed by atoms with Crippen LogP contribution in [0.4, 0.5) is 11.4 Å². The molecule has 4 rings (SSSR count). The highest BCUT2D eigenvalue weighted by atomic mass is 16.5. The van der Waals surface area contributed by atoms with Crippen LogP contribution < -0.4 is 20.3 Å². The van der Waals surface area contributed by atoms with Gasteiger partial charge in [0.1, 0.15) is 5.75 Å². The molecule has 3 aromatic rings. The highest BCUT2D eigenvalue weighted by Crippen LogP contribution is 2.29. The number of carbonyl (C=O) groups is 2. The van der Waals surface area contributed by atoms with Crippen molar-refractivity contribution in [3.05, 3.63) is 89.5 Å². The van der Waals surface area contributed by atoms with Crippen LogP contribution in [0, 0.1) is 5.92 Å². The molecule has 0 bridgehead atoms. The van der Waals surface area contributed by atoms with Crippen molar-refractivity contribution < 1.29 is 14.3 Å². The standard InChI is InChI=1S/C29H33N3O3/c1-21-15-18-32(19-16-21)27-13-10-24(31-28(33)23-8-11-25(35-2)12-9-23)20-26(27)29(34)30-17-14-22-6-4-3-5-7-22/h3-13,20-21H,14-19H2,1-2H3,(H,30,34)(H,31,33). The van der Waals surface area contributed by atoms with Crippen LogP contribution in [0.25, 0.3) is 0 Å². The van der Waals surface area contributed by atoms with E-state index in [9.17, 15) is 9.59 Å². The maximum Gasteiger partial charge on any atom is 0.255 e. The zero-order chi connectivity index (χ0) is 24.6. The van der Waals surface area contributed by atoms with Crippen LogP contribution in [0.5, 0.6) is 5.75 Å². The van der Waals surface area contributed by atoms with Gasteiger partial charge in [0.15, 0.2) is 0 Å². The summed E-state index contributed by atoms with van der Waals surface area (Å²) in [5, 5.41) is 6.00. The third-order valence-electron chi connectivity index (χ3n) is 6.52. The monoisotopic (exact) mass is 471 g/mol. The van der Waals surface area contributed by atoms with Crippen LogP contribution in [0.1, 0.15) is 46.0 Å². The summed E-state index contributed by atoms with van der Waals surface area (Å²) in [5.41, 5.74) is 3.79.